The summed E-state index contributed by atoms with van der Waals surface area (Å²) in [7, 11) is 0. The van der Waals surface area contributed by atoms with E-state index in [1.807, 2.05) is 4.90 Å². The summed E-state index contributed by atoms with van der Waals surface area (Å²) >= 11 is 0. The lowest BCUT2D eigenvalue weighted by Gasteiger charge is -2.41. The van der Waals surface area contributed by atoms with Crippen LogP contribution in [0.15, 0.2) is 12.7 Å². The van der Waals surface area contributed by atoms with Gasteiger partial charge in [-0.3, -0.25) is 4.90 Å². The van der Waals surface area contributed by atoms with Crippen LogP contribution in [0.1, 0.15) is 6.42 Å². The lowest BCUT2D eigenvalue weighted by molar-refractivity contribution is -0.104. The van der Waals surface area contributed by atoms with Crippen LogP contribution >= 0.6 is 0 Å². The molecule has 4 heteroatoms. The van der Waals surface area contributed by atoms with Crippen LogP contribution in [0.5, 0.6) is 0 Å². The Balaban J connectivity index is 2.16. The third kappa shape index (κ3) is 1.39. The van der Waals surface area contributed by atoms with E-state index in [1.54, 1.807) is 6.08 Å². The first-order valence-electron chi connectivity index (χ1n) is 5.06. The minimum Gasteiger partial charge on any atom is -0.391 e. The molecule has 0 aromatic heterocycles. The normalized spacial score (nSPS) is 48.9. The van der Waals surface area contributed by atoms with Gasteiger partial charge in [0.2, 0.25) is 0 Å². The van der Waals surface area contributed by atoms with Gasteiger partial charge in [-0.15, -0.1) is 6.58 Å². The predicted octanol–water partition coefficient (Wildman–Crippen LogP) is -1.04. The summed E-state index contributed by atoms with van der Waals surface area (Å²) in [6.07, 6.45) is 0.198. The van der Waals surface area contributed by atoms with Gasteiger partial charge in [-0.25, -0.2) is 0 Å². The fraction of sp³-hybridized carbons (Fsp3) is 0.800. The molecule has 0 unspecified atom stereocenters. The van der Waals surface area contributed by atoms with E-state index in [2.05, 4.69) is 6.58 Å². The molecular weight excluding hydrogens is 182 g/mol. The molecule has 2 aliphatic heterocycles. The Morgan fingerprint density at radius 1 is 1.21 bits per heavy atom. The Morgan fingerprint density at radius 2 is 1.93 bits per heavy atom. The van der Waals surface area contributed by atoms with Gasteiger partial charge >= 0.3 is 0 Å². The summed E-state index contributed by atoms with van der Waals surface area (Å²) in [6.45, 7) is 5.12. The topological polar surface area (TPSA) is 63.9 Å². The van der Waals surface area contributed by atoms with E-state index in [-0.39, 0.29) is 12.0 Å². The quantitative estimate of drug-likeness (QED) is 0.472. The summed E-state index contributed by atoms with van der Waals surface area (Å²) < 4.78 is 0. The number of rotatable bonds is 1. The fourth-order valence-electron chi connectivity index (χ4n) is 2.57. The van der Waals surface area contributed by atoms with Crippen molar-refractivity contribution in [1.29, 1.82) is 0 Å². The second-order valence-electron chi connectivity index (χ2n) is 4.22. The maximum absolute atomic E-state index is 9.82. The van der Waals surface area contributed by atoms with Gasteiger partial charge in [-0.1, -0.05) is 6.08 Å². The standard InChI is InChI=1S/C10H17NO3/c1-2-6-5-11-4-3-7(12)8(11)10(14)9(6)13/h2,6-10,12-14H,1,3-5H2/t6-,7-,8+,9+,10+/m0/s1. The number of fused-ring (bicyclic) bond motifs is 1. The van der Waals surface area contributed by atoms with E-state index < -0.39 is 18.3 Å². The second kappa shape index (κ2) is 3.62. The van der Waals surface area contributed by atoms with Crippen molar-refractivity contribution in [3.63, 3.8) is 0 Å². The number of hydrogen-bond donors (Lipinski definition) is 3. The number of piperidine rings is 1. The van der Waals surface area contributed by atoms with Crippen molar-refractivity contribution in [3.8, 4) is 0 Å². The van der Waals surface area contributed by atoms with Crippen LogP contribution in [0.4, 0.5) is 0 Å². The van der Waals surface area contributed by atoms with Crippen molar-refractivity contribution in [3.05, 3.63) is 12.7 Å². The van der Waals surface area contributed by atoms with Crippen LogP contribution < -0.4 is 0 Å². The van der Waals surface area contributed by atoms with Crippen LogP contribution in [0.3, 0.4) is 0 Å². The summed E-state index contributed by atoms with van der Waals surface area (Å²) in [5.74, 6) is -0.0912. The van der Waals surface area contributed by atoms with Crippen molar-refractivity contribution < 1.29 is 15.3 Å². The molecule has 5 atom stereocenters. The average Bonchev–Trinajstić information content (AvgIpc) is 2.54. The molecule has 14 heavy (non-hydrogen) atoms. The van der Waals surface area contributed by atoms with Gasteiger partial charge in [0.1, 0.15) is 0 Å². The smallest absolute Gasteiger partial charge is 0.0985 e. The Hall–Kier alpha value is -0.420. The van der Waals surface area contributed by atoms with Crippen molar-refractivity contribution in [2.24, 2.45) is 5.92 Å². The first kappa shape index (κ1) is 10.1. The largest absolute Gasteiger partial charge is 0.391 e. The zero-order valence-corrected chi connectivity index (χ0v) is 8.08. The van der Waals surface area contributed by atoms with Gasteiger partial charge in [0.25, 0.3) is 0 Å². The monoisotopic (exact) mass is 199 g/mol. The number of aliphatic hydroxyl groups is 3. The third-order valence-electron chi connectivity index (χ3n) is 3.41. The highest BCUT2D eigenvalue weighted by molar-refractivity contribution is 5.04. The lowest BCUT2D eigenvalue weighted by Crippen LogP contribution is -2.58. The molecule has 2 fully saturated rings. The van der Waals surface area contributed by atoms with E-state index in [0.717, 1.165) is 6.54 Å². The van der Waals surface area contributed by atoms with Gasteiger partial charge in [0, 0.05) is 19.0 Å². The summed E-state index contributed by atoms with van der Waals surface area (Å²) in [5, 5.41) is 29.2. The summed E-state index contributed by atoms with van der Waals surface area (Å²) in [4.78, 5) is 2.04. The minimum absolute atomic E-state index is 0.0912. The molecule has 2 aliphatic rings. The van der Waals surface area contributed by atoms with Crippen LogP contribution in [-0.2, 0) is 0 Å². The third-order valence-corrected chi connectivity index (χ3v) is 3.41. The number of hydrogen-bond acceptors (Lipinski definition) is 4. The molecule has 80 valence electrons. The molecule has 0 aromatic carbocycles. The van der Waals surface area contributed by atoms with Gasteiger partial charge in [0.15, 0.2) is 0 Å². The van der Waals surface area contributed by atoms with Crippen LogP contribution in [0.25, 0.3) is 0 Å². The Bertz CT molecular complexity index is 233. The first-order valence-corrected chi connectivity index (χ1v) is 5.06. The SMILES string of the molecule is C=C[C@H]1CN2CC[C@H](O)[C@@H]2[C@@H](O)[C@@H]1O. The molecule has 0 bridgehead atoms. The molecule has 4 nitrogen and oxygen atoms in total. The molecule has 0 aliphatic carbocycles. The Kier molecular flexibility index (Phi) is 2.62. The second-order valence-corrected chi connectivity index (χ2v) is 4.22. The first-order chi connectivity index (χ1) is 6.65. The Morgan fingerprint density at radius 3 is 2.57 bits per heavy atom. The van der Waals surface area contributed by atoms with Crippen molar-refractivity contribution in [2.75, 3.05) is 13.1 Å². The molecular formula is C10H17NO3. The zero-order chi connectivity index (χ0) is 10.3. The average molecular weight is 199 g/mol. The molecule has 2 heterocycles. The molecule has 0 amide bonds. The molecule has 0 aromatic rings. The van der Waals surface area contributed by atoms with Gasteiger partial charge in [-0.2, -0.15) is 0 Å². The summed E-state index contributed by atoms with van der Waals surface area (Å²) in [6, 6.07) is -0.291. The molecule has 0 radical (unpaired) electrons. The lowest BCUT2D eigenvalue weighted by atomic mass is 9.87. The van der Waals surface area contributed by atoms with E-state index in [1.165, 1.54) is 0 Å². The highest BCUT2D eigenvalue weighted by Gasteiger charge is 2.47. The highest BCUT2D eigenvalue weighted by atomic mass is 16.3. The minimum atomic E-state index is -0.857. The zero-order valence-electron chi connectivity index (χ0n) is 8.08. The number of nitrogens with zero attached hydrogens (tertiary/aromatic N) is 1. The fourth-order valence-corrected chi connectivity index (χ4v) is 2.57. The van der Waals surface area contributed by atoms with E-state index in [9.17, 15) is 15.3 Å². The van der Waals surface area contributed by atoms with E-state index in [4.69, 9.17) is 0 Å². The van der Waals surface area contributed by atoms with Crippen LogP contribution in [0, 0.1) is 5.92 Å². The van der Waals surface area contributed by atoms with Crippen molar-refractivity contribution in [2.45, 2.75) is 30.8 Å². The molecule has 2 rings (SSSR count). The summed E-state index contributed by atoms with van der Waals surface area (Å²) in [5.41, 5.74) is 0. The maximum atomic E-state index is 9.82. The molecule has 2 saturated heterocycles. The van der Waals surface area contributed by atoms with Gasteiger partial charge in [0.05, 0.1) is 24.4 Å². The van der Waals surface area contributed by atoms with Gasteiger partial charge in [-0.05, 0) is 6.42 Å². The predicted molar refractivity (Wildman–Crippen MR) is 51.7 cm³/mol. The van der Waals surface area contributed by atoms with Crippen molar-refractivity contribution >= 4 is 0 Å². The Labute approximate surface area is 83.5 Å². The van der Waals surface area contributed by atoms with E-state index >= 15 is 0 Å². The maximum Gasteiger partial charge on any atom is 0.0985 e. The van der Waals surface area contributed by atoms with Gasteiger partial charge < -0.3 is 15.3 Å². The van der Waals surface area contributed by atoms with Crippen LogP contribution in [0.2, 0.25) is 0 Å². The van der Waals surface area contributed by atoms with Crippen LogP contribution in [-0.4, -0.2) is 57.7 Å². The molecule has 3 N–H and O–H groups in total. The molecule has 0 spiro atoms. The van der Waals surface area contributed by atoms with Crippen molar-refractivity contribution in [1.82, 2.24) is 4.90 Å². The highest BCUT2D eigenvalue weighted by Crippen LogP contribution is 2.31. The number of aliphatic hydroxyl groups excluding tert-OH is 3. The molecule has 0 saturated carbocycles. The van der Waals surface area contributed by atoms with E-state index in [0.29, 0.717) is 13.0 Å².